The predicted molar refractivity (Wildman–Crippen MR) is 87.5 cm³/mol. The van der Waals surface area contributed by atoms with Gasteiger partial charge in [0.05, 0.1) is 11.0 Å². The number of carbonyl (C=O) groups excluding carboxylic acids is 1. The molecule has 1 aromatic heterocycles. The van der Waals surface area contributed by atoms with Gasteiger partial charge in [0.2, 0.25) is 0 Å². The van der Waals surface area contributed by atoms with Crippen molar-refractivity contribution in [3.8, 4) is 0 Å². The van der Waals surface area contributed by atoms with E-state index in [1.165, 1.54) is 0 Å². The second-order valence-electron chi connectivity index (χ2n) is 4.89. The van der Waals surface area contributed by atoms with Crippen LogP contribution >= 0.6 is 15.9 Å². The molecule has 0 saturated heterocycles. The Morgan fingerprint density at radius 2 is 2.05 bits per heavy atom. The van der Waals surface area contributed by atoms with E-state index in [4.69, 9.17) is 0 Å². The molecule has 0 aliphatic rings. The number of hydrogen-bond acceptors (Lipinski definition) is 2. The lowest BCUT2D eigenvalue weighted by atomic mass is 10.2. The summed E-state index contributed by atoms with van der Waals surface area (Å²) in [6.45, 7) is 1.96. The van der Waals surface area contributed by atoms with Gasteiger partial charge in [0.15, 0.2) is 0 Å². The van der Waals surface area contributed by atoms with Crippen molar-refractivity contribution < 1.29 is 4.79 Å². The number of halogens is 1. The normalized spacial score (nSPS) is 10.8. The summed E-state index contributed by atoms with van der Waals surface area (Å²) in [5.41, 5.74) is 3.28. The van der Waals surface area contributed by atoms with Crippen molar-refractivity contribution >= 4 is 38.6 Å². The van der Waals surface area contributed by atoms with E-state index in [9.17, 15) is 4.79 Å². The molecule has 5 heteroatoms. The second kappa shape index (κ2) is 5.33. The molecule has 3 aromatic rings. The highest BCUT2D eigenvalue weighted by atomic mass is 79.9. The van der Waals surface area contributed by atoms with E-state index in [1.54, 1.807) is 12.1 Å². The molecule has 0 radical (unpaired) electrons. The number of imidazole rings is 1. The SMILES string of the molecule is Cc1nc2cc(NC(=O)c3cccc(Br)c3)ccc2n1C. The molecular weight excluding hydrogens is 330 g/mol. The van der Waals surface area contributed by atoms with Crippen LogP contribution in [0.15, 0.2) is 46.9 Å². The smallest absolute Gasteiger partial charge is 0.255 e. The number of fused-ring (bicyclic) bond motifs is 1. The summed E-state index contributed by atoms with van der Waals surface area (Å²) in [5, 5.41) is 2.90. The van der Waals surface area contributed by atoms with Crippen molar-refractivity contribution in [3.05, 3.63) is 58.3 Å². The first kappa shape index (κ1) is 13.8. The standard InChI is InChI=1S/C16H14BrN3O/c1-10-18-14-9-13(6-7-15(14)20(10)2)19-16(21)11-4-3-5-12(17)8-11/h3-9H,1-2H3,(H,19,21). The highest BCUT2D eigenvalue weighted by Gasteiger charge is 2.09. The van der Waals surface area contributed by atoms with Gasteiger partial charge in [-0.1, -0.05) is 22.0 Å². The van der Waals surface area contributed by atoms with Crippen LogP contribution in [0.4, 0.5) is 5.69 Å². The van der Waals surface area contributed by atoms with Gasteiger partial charge >= 0.3 is 0 Å². The van der Waals surface area contributed by atoms with E-state index >= 15 is 0 Å². The fourth-order valence-corrected chi connectivity index (χ4v) is 2.63. The van der Waals surface area contributed by atoms with Crippen LogP contribution in [-0.4, -0.2) is 15.5 Å². The lowest BCUT2D eigenvalue weighted by Crippen LogP contribution is -2.11. The Hall–Kier alpha value is -2.14. The fourth-order valence-electron chi connectivity index (χ4n) is 2.23. The monoisotopic (exact) mass is 343 g/mol. The Kier molecular flexibility index (Phi) is 3.51. The van der Waals surface area contributed by atoms with Crippen LogP contribution in [0.25, 0.3) is 11.0 Å². The van der Waals surface area contributed by atoms with Gasteiger partial charge in [-0.3, -0.25) is 4.79 Å². The van der Waals surface area contributed by atoms with E-state index < -0.39 is 0 Å². The third kappa shape index (κ3) is 2.69. The minimum atomic E-state index is -0.136. The van der Waals surface area contributed by atoms with Crippen LogP contribution in [0.2, 0.25) is 0 Å². The number of nitrogens with zero attached hydrogens (tertiary/aromatic N) is 2. The molecule has 3 rings (SSSR count). The number of anilines is 1. The first-order chi connectivity index (χ1) is 10.0. The summed E-state index contributed by atoms with van der Waals surface area (Å²) in [7, 11) is 1.98. The third-order valence-corrected chi connectivity index (χ3v) is 3.94. The number of carbonyl (C=O) groups is 1. The number of aryl methyl sites for hydroxylation is 2. The molecule has 0 aliphatic carbocycles. The number of nitrogens with one attached hydrogen (secondary N) is 1. The van der Waals surface area contributed by atoms with Crippen molar-refractivity contribution in [2.75, 3.05) is 5.32 Å². The average molecular weight is 344 g/mol. The van der Waals surface area contributed by atoms with Crippen LogP contribution in [-0.2, 0) is 7.05 Å². The largest absolute Gasteiger partial charge is 0.331 e. The molecule has 0 spiro atoms. The quantitative estimate of drug-likeness (QED) is 0.767. The first-order valence-corrected chi connectivity index (χ1v) is 7.34. The molecule has 106 valence electrons. The number of hydrogen-bond donors (Lipinski definition) is 1. The van der Waals surface area contributed by atoms with Gasteiger partial charge in [-0.15, -0.1) is 0 Å². The van der Waals surface area contributed by atoms with Gasteiger partial charge in [-0.2, -0.15) is 0 Å². The number of aromatic nitrogens is 2. The molecular formula is C16H14BrN3O. The van der Waals surface area contributed by atoms with Crippen LogP contribution in [0.3, 0.4) is 0 Å². The second-order valence-corrected chi connectivity index (χ2v) is 5.80. The molecule has 0 aliphatic heterocycles. The molecule has 1 amide bonds. The Morgan fingerprint density at radius 3 is 2.81 bits per heavy atom. The first-order valence-electron chi connectivity index (χ1n) is 6.54. The highest BCUT2D eigenvalue weighted by Crippen LogP contribution is 2.20. The summed E-state index contributed by atoms with van der Waals surface area (Å²) < 4.78 is 2.90. The minimum absolute atomic E-state index is 0.136. The Bertz CT molecular complexity index is 839. The van der Waals surface area contributed by atoms with E-state index in [0.29, 0.717) is 5.56 Å². The van der Waals surface area contributed by atoms with E-state index in [-0.39, 0.29) is 5.91 Å². The zero-order chi connectivity index (χ0) is 15.0. The molecule has 1 N–H and O–H groups in total. The molecule has 0 fully saturated rings. The van der Waals surface area contributed by atoms with Gasteiger partial charge < -0.3 is 9.88 Å². The molecule has 0 atom stereocenters. The molecule has 1 heterocycles. The van der Waals surface area contributed by atoms with E-state index in [1.807, 2.05) is 48.9 Å². The maximum atomic E-state index is 12.2. The number of benzene rings is 2. The predicted octanol–water partition coefficient (Wildman–Crippen LogP) is 3.90. The minimum Gasteiger partial charge on any atom is -0.331 e. The Morgan fingerprint density at radius 1 is 1.24 bits per heavy atom. The zero-order valence-corrected chi connectivity index (χ0v) is 13.3. The lowest BCUT2D eigenvalue weighted by molar-refractivity contribution is 0.102. The van der Waals surface area contributed by atoms with Gasteiger partial charge in [0.25, 0.3) is 5.91 Å². The summed E-state index contributed by atoms with van der Waals surface area (Å²) in [4.78, 5) is 16.7. The summed E-state index contributed by atoms with van der Waals surface area (Å²) >= 11 is 3.37. The molecule has 2 aromatic carbocycles. The van der Waals surface area contributed by atoms with Gasteiger partial charge in [-0.25, -0.2) is 4.98 Å². The Balaban J connectivity index is 1.89. The van der Waals surface area contributed by atoms with Crippen molar-refractivity contribution in [3.63, 3.8) is 0 Å². The highest BCUT2D eigenvalue weighted by molar-refractivity contribution is 9.10. The summed E-state index contributed by atoms with van der Waals surface area (Å²) in [5.74, 6) is 0.809. The maximum absolute atomic E-state index is 12.2. The molecule has 0 unspecified atom stereocenters. The summed E-state index contributed by atoms with van der Waals surface area (Å²) in [6, 6.07) is 13.0. The number of rotatable bonds is 2. The van der Waals surface area contributed by atoms with Crippen molar-refractivity contribution in [1.82, 2.24) is 9.55 Å². The number of amides is 1. The van der Waals surface area contributed by atoms with E-state index in [0.717, 1.165) is 27.0 Å². The molecule has 0 saturated carbocycles. The van der Waals surface area contributed by atoms with Gasteiger partial charge in [-0.05, 0) is 43.3 Å². The summed E-state index contributed by atoms with van der Waals surface area (Å²) in [6.07, 6.45) is 0. The van der Waals surface area contributed by atoms with Gasteiger partial charge in [0.1, 0.15) is 5.82 Å². The topological polar surface area (TPSA) is 46.9 Å². The van der Waals surface area contributed by atoms with Crippen molar-refractivity contribution in [2.45, 2.75) is 6.92 Å². The third-order valence-electron chi connectivity index (χ3n) is 3.45. The molecule has 21 heavy (non-hydrogen) atoms. The Labute approximate surface area is 130 Å². The van der Waals surface area contributed by atoms with Crippen LogP contribution < -0.4 is 5.32 Å². The lowest BCUT2D eigenvalue weighted by Gasteiger charge is -2.06. The van der Waals surface area contributed by atoms with Crippen LogP contribution in [0, 0.1) is 6.92 Å². The average Bonchev–Trinajstić information content (AvgIpc) is 2.73. The molecule has 0 bridgehead atoms. The van der Waals surface area contributed by atoms with Crippen molar-refractivity contribution in [1.29, 1.82) is 0 Å². The maximum Gasteiger partial charge on any atom is 0.255 e. The van der Waals surface area contributed by atoms with Crippen LogP contribution in [0.5, 0.6) is 0 Å². The fraction of sp³-hybridized carbons (Fsp3) is 0.125. The van der Waals surface area contributed by atoms with Crippen LogP contribution in [0.1, 0.15) is 16.2 Å². The van der Waals surface area contributed by atoms with Gasteiger partial charge in [0, 0.05) is 22.8 Å². The van der Waals surface area contributed by atoms with Crippen molar-refractivity contribution in [2.24, 2.45) is 7.05 Å². The molecule has 4 nitrogen and oxygen atoms in total. The van der Waals surface area contributed by atoms with E-state index in [2.05, 4.69) is 26.2 Å². The zero-order valence-electron chi connectivity index (χ0n) is 11.7.